The zero-order valence-corrected chi connectivity index (χ0v) is 19.8. The Morgan fingerprint density at radius 2 is 1.17 bits per heavy atom. The number of esters is 1. The van der Waals surface area contributed by atoms with Crippen LogP contribution in [0, 0.1) is 5.92 Å². The number of allylic oxidation sites excluding steroid dienone is 8. The molecule has 0 fully saturated rings. The van der Waals surface area contributed by atoms with Crippen LogP contribution in [-0.4, -0.2) is 18.4 Å². The van der Waals surface area contributed by atoms with Gasteiger partial charge < -0.3 is 4.74 Å². The summed E-state index contributed by atoms with van der Waals surface area (Å²) in [7, 11) is 0. The molecule has 0 amide bonds. The molecule has 0 bridgehead atoms. The van der Waals surface area contributed by atoms with Crippen molar-refractivity contribution in [1.29, 1.82) is 0 Å². The second-order valence-corrected chi connectivity index (χ2v) is 8.20. The van der Waals surface area contributed by atoms with E-state index in [-0.39, 0.29) is 5.78 Å². The van der Waals surface area contributed by atoms with Crippen molar-refractivity contribution in [3.63, 3.8) is 0 Å². The van der Waals surface area contributed by atoms with E-state index in [0.717, 1.165) is 38.5 Å². The highest BCUT2D eigenvalue weighted by molar-refractivity contribution is 5.97. The molecule has 0 radical (unpaired) electrons. The van der Waals surface area contributed by atoms with Crippen LogP contribution >= 0.6 is 0 Å². The Bertz CT molecular complexity index is 628. The number of carbonyl (C=O) groups excluding carboxylic acids is 2. The Morgan fingerprint density at radius 3 is 1.59 bits per heavy atom. The molecule has 0 aliphatic carbocycles. The number of ether oxygens (including phenoxy) is 1. The topological polar surface area (TPSA) is 43.4 Å². The van der Waals surface area contributed by atoms with Crippen LogP contribution in [0.4, 0.5) is 0 Å². The summed E-state index contributed by atoms with van der Waals surface area (Å²) in [5, 5.41) is 0. The molecule has 0 aromatic rings. The number of rotatable bonds is 14. The van der Waals surface area contributed by atoms with E-state index >= 15 is 0 Å². The smallest absolute Gasteiger partial charge is 0.316 e. The monoisotopic (exact) mass is 402 g/mol. The molecule has 0 N–H and O–H groups in total. The molecular formula is C26H42O3. The molecule has 3 nitrogen and oxygen atoms in total. The molecule has 0 saturated carbocycles. The largest absolute Gasteiger partial charge is 0.465 e. The van der Waals surface area contributed by atoms with E-state index in [9.17, 15) is 9.59 Å². The predicted octanol–water partition coefficient (Wildman–Crippen LogP) is 7.29. The van der Waals surface area contributed by atoms with E-state index in [1.54, 1.807) is 6.92 Å². The van der Waals surface area contributed by atoms with Crippen molar-refractivity contribution in [1.82, 2.24) is 0 Å². The second kappa shape index (κ2) is 16.0. The number of carbonyl (C=O) groups is 2. The van der Waals surface area contributed by atoms with Crippen LogP contribution in [0.1, 0.15) is 93.4 Å². The fourth-order valence-corrected chi connectivity index (χ4v) is 2.98. The normalized spacial score (nSPS) is 13.8. The summed E-state index contributed by atoms with van der Waals surface area (Å²) in [6, 6.07) is 0. The Morgan fingerprint density at radius 1 is 0.724 bits per heavy atom. The average Bonchev–Trinajstić information content (AvgIpc) is 2.61. The highest BCUT2D eigenvalue weighted by Crippen LogP contribution is 2.16. The second-order valence-electron chi connectivity index (χ2n) is 8.20. The van der Waals surface area contributed by atoms with Gasteiger partial charge in [-0.25, -0.2) is 0 Å². The molecule has 1 atom stereocenters. The van der Waals surface area contributed by atoms with Gasteiger partial charge in [0.05, 0.1) is 6.61 Å². The third-order valence-electron chi connectivity index (χ3n) is 4.92. The molecule has 3 heteroatoms. The van der Waals surface area contributed by atoms with Gasteiger partial charge in [-0.3, -0.25) is 9.59 Å². The lowest BCUT2D eigenvalue weighted by atomic mass is 9.98. The van der Waals surface area contributed by atoms with Crippen molar-refractivity contribution in [2.24, 2.45) is 5.92 Å². The van der Waals surface area contributed by atoms with Crippen LogP contribution in [0.2, 0.25) is 0 Å². The maximum Gasteiger partial charge on any atom is 0.316 e. The van der Waals surface area contributed by atoms with Crippen molar-refractivity contribution in [2.75, 3.05) is 6.61 Å². The van der Waals surface area contributed by atoms with Crippen molar-refractivity contribution in [3.8, 4) is 0 Å². The van der Waals surface area contributed by atoms with Crippen LogP contribution < -0.4 is 0 Å². The van der Waals surface area contributed by atoms with Gasteiger partial charge in [0.2, 0.25) is 0 Å². The summed E-state index contributed by atoms with van der Waals surface area (Å²) in [6.45, 7) is 14.3. The van der Waals surface area contributed by atoms with E-state index in [0.29, 0.717) is 13.0 Å². The molecule has 0 saturated heterocycles. The zero-order chi connectivity index (χ0) is 22.2. The van der Waals surface area contributed by atoms with Crippen LogP contribution in [-0.2, 0) is 14.3 Å². The quantitative estimate of drug-likeness (QED) is 0.174. The van der Waals surface area contributed by atoms with Crippen LogP contribution in [0.15, 0.2) is 46.6 Å². The standard InChI is InChI=1S/C26H42O3/c1-8-29-26(28)25(24(7)27)19-18-23(6)17-11-16-22(5)15-10-14-21(4)13-9-12-20(2)3/h12,14,16,18,25H,8-11,13,15,17,19H2,1-7H3/b21-14+,22-16+,23-18-. The fourth-order valence-electron chi connectivity index (χ4n) is 2.98. The predicted molar refractivity (Wildman–Crippen MR) is 124 cm³/mol. The summed E-state index contributed by atoms with van der Waals surface area (Å²) in [5.41, 5.74) is 5.48. The van der Waals surface area contributed by atoms with Crippen LogP contribution in [0.5, 0.6) is 0 Å². The summed E-state index contributed by atoms with van der Waals surface area (Å²) >= 11 is 0. The fraction of sp³-hybridized carbons (Fsp3) is 0.615. The van der Waals surface area contributed by atoms with Gasteiger partial charge in [0.25, 0.3) is 0 Å². The minimum absolute atomic E-state index is 0.132. The Hall–Kier alpha value is -1.90. The molecule has 0 rings (SSSR count). The molecule has 1 unspecified atom stereocenters. The van der Waals surface area contributed by atoms with Gasteiger partial charge in [0.1, 0.15) is 11.7 Å². The lowest BCUT2D eigenvalue weighted by Gasteiger charge is -2.10. The molecule has 0 heterocycles. The van der Waals surface area contributed by atoms with Crippen molar-refractivity contribution >= 4 is 11.8 Å². The van der Waals surface area contributed by atoms with E-state index in [1.807, 2.05) is 6.08 Å². The third kappa shape index (κ3) is 14.7. The minimum atomic E-state index is -0.672. The molecule has 164 valence electrons. The molecule has 0 aliphatic heterocycles. The van der Waals surface area contributed by atoms with Crippen molar-refractivity contribution in [3.05, 3.63) is 46.6 Å². The highest BCUT2D eigenvalue weighted by Gasteiger charge is 2.23. The molecule has 0 aromatic heterocycles. The first-order chi connectivity index (χ1) is 13.7. The number of hydrogen-bond acceptors (Lipinski definition) is 3. The van der Waals surface area contributed by atoms with Crippen LogP contribution in [0.3, 0.4) is 0 Å². The first-order valence-electron chi connectivity index (χ1n) is 10.9. The van der Waals surface area contributed by atoms with E-state index in [1.165, 1.54) is 29.2 Å². The number of ketones is 1. The molecular weight excluding hydrogens is 360 g/mol. The van der Waals surface area contributed by atoms with Crippen molar-refractivity contribution < 1.29 is 14.3 Å². The number of Topliss-reactive ketones (excluding diaryl/α,β-unsaturated/α-hetero) is 1. The first kappa shape index (κ1) is 27.1. The van der Waals surface area contributed by atoms with Gasteiger partial charge in [-0.15, -0.1) is 0 Å². The van der Waals surface area contributed by atoms with Gasteiger partial charge in [-0.2, -0.15) is 0 Å². The third-order valence-corrected chi connectivity index (χ3v) is 4.92. The van der Waals surface area contributed by atoms with E-state index in [4.69, 9.17) is 4.74 Å². The molecule has 0 aliphatic rings. The highest BCUT2D eigenvalue weighted by atomic mass is 16.5. The number of hydrogen-bond donors (Lipinski definition) is 0. The summed E-state index contributed by atoms with van der Waals surface area (Å²) < 4.78 is 4.99. The van der Waals surface area contributed by atoms with Gasteiger partial charge in [-0.05, 0) is 93.4 Å². The average molecular weight is 403 g/mol. The van der Waals surface area contributed by atoms with E-state index in [2.05, 4.69) is 52.8 Å². The van der Waals surface area contributed by atoms with Crippen molar-refractivity contribution in [2.45, 2.75) is 93.4 Å². The van der Waals surface area contributed by atoms with Gasteiger partial charge in [0, 0.05) is 0 Å². The summed E-state index contributed by atoms with van der Waals surface area (Å²) in [6.07, 6.45) is 15.8. The Labute approximate surface area is 179 Å². The minimum Gasteiger partial charge on any atom is -0.465 e. The maximum absolute atomic E-state index is 11.8. The lowest BCUT2D eigenvalue weighted by molar-refractivity contribution is -0.150. The maximum atomic E-state index is 11.8. The lowest BCUT2D eigenvalue weighted by Crippen LogP contribution is -2.23. The van der Waals surface area contributed by atoms with Gasteiger partial charge >= 0.3 is 5.97 Å². The zero-order valence-electron chi connectivity index (χ0n) is 19.8. The van der Waals surface area contributed by atoms with Gasteiger partial charge in [-0.1, -0.05) is 46.6 Å². The molecule has 0 aromatic carbocycles. The SMILES string of the molecule is CCOC(=O)C(C/C=C(/C)CC/C=C(\C)CC/C=C(\C)CCC=C(C)C)C(C)=O. The Balaban J connectivity index is 4.34. The Kier molecular flexibility index (Phi) is 14.9. The summed E-state index contributed by atoms with van der Waals surface area (Å²) in [5.74, 6) is -1.22. The molecule has 0 spiro atoms. The van der Waals surface area contributed by atoms with Crippen LogP contribution in [0.25, 0.3) is 0 Å². The first-order valence-corrected chi connectivity index (χ1v) is 10.9. The van der Waals surface area contributed by atoms with Gasteiger partial charge in [0.15, 0.2) is 0 Å². The van der Waals surface area contributed by atoms with E-state index < -0.39 is 11.9 Å². The summed E-state index contributed by atoms with van der Waals surface area (Å²) in [4.78, 5) is 23.5. The molecule has 29 heavy (non-hydrogen) atoms.